The fraction of sp³-hybridized carbons (Fsp3) is 0.125. The molecule has 0 radical (unpaired) electrons. The highest BCUT2D eigenvalue weighted by molar-refractivity contribution is 6.32. The van der Waals surface area contributed by atoms with Crippen molar-refractivity contribution in [2.24, 2.45) is 0 Å². The molecule has 0 aliphatic carbocycles. The van der Waals surface area contributed by atoms with Gasteiger partial charge in [0.25, 0.3) is 11.8 Å². The van der Waals surface area contributed by atoms with Gasteiger partial charge in [-0.1, -0.05) is 23.2 Å². The van der Waals surface area contributed by atoms with Gasteiger partial charge < -0.3 is 15.4 Å². The molecule has 0 aliphatic heterocycles. The zero-order valence-corrected chi connectivity index (χ0v) is 14.3. The Morgan fingerprint density at radius 2 is 1.80 bits per heavy atom. The fourth-order valence-corrected chi connectivity index (χ4v) is 2.01. The molecular weight excluding hydrogens is 369 g/mol. The van der Waals surface area contributed by atoms with E-state index in [2.05, 4.69) is 15.6 Å². The maximum atomic E-state index is 11.8. The number of rotatable bonds is 6. The average molecular weight is 382 g/mol. The zero-order chi connectivity index (χ0) is 18.2. The molecule has 2 amide bonds. The predicted octanol–water partition coefficient (Wildman–Crippen LogP) is 2.30. The van der Waals surface area contributed by atoms with E-state index in [0.717, 1.165) is 0 Å². The topological polar surface area (TPSA) is 97.4 Å². The minimum Gasteiger partial charge on any atom is -0.454 e. The number of nitrogens with zero attached hydrogens (tertiary/aromatic N) is 1. The Balaban J connectivity index is 1.73. The van der Waals surface area contributed by atoms with Crippen LogP contribution >= 0.6 is 23.2 Å². The zero-order valence-electron chi connectivity index (χ0n) is 12.8. The molecule has 7 nitrogen and oxygen atoms in total. The Labute approximate surface area is 153 Å². The van der Waals surface area contributed by atoms with E-state index in [0.29, 0.717) is 16.3 Å². The molecule has 0 saturated carbocycles. The lowest BCUT2D eigenvalue weighted by Gasteiger charge is -2.08. The van der Waals surface area contributed by atoms with Crippen LogP contribution in [-0.2, 0) is 14.3 Å². The molecule has 130 valence electrons. The van der Waals surface area contributed by atoms with E-state index in [1.54, 1.807) is 24.3 Å². The summed E-state index contributed by atoms with van der Waals surface area (Å²) in [6, 6.07) is 9.31. The standard InChI is InChI=1S/C16H13Cl2N3O4/c17-11-5-3-10(4-6-11)16(24)20-8-14(23)25-9-13(22)21-12-2-1-7-19-15(12)18/h1-7H,8-9H2,(H,20,24)(H,21,22). The highest BCUT2D eigenvalue weighted by Gasteiger charge is 2.12. The lowest BCUT2D eigenvalue weighted by molar-refractivity contribution is -0.146. The first-order valence-corrected chi connectivity index (χ1v) is 7.81. The first-order chi connectivity index (χ1) is 12.0. The number of hydrogen-bond acceptors (Lipinski definition) is 5. The van der Waals surface area contributed by atoms with Crippen LogP contribution in [0.15, 0.2) is 42.6 Å². The number of anilines is 1. The summed E-state index contributed by atoms with van der Waals surface area (Å²) < 4.78 is 4.77. The number of esters is 1. The predicted molar refractivity (Wildman–Crippen MR) is 92.6 cm³/mol. The molecule has 2 N–H and O–H groups in total. The lowest BCUT2D eigenvalue weighted by Crippen LogP contribution is -2.32. The van der Waals surface area contributed by atoms with Gasteiger partial charge in [-0.3, -0.25) is 14.4 Å². The Hall–Kier alpha value is -2.64. The number of hydrogen-bond donors (Lipinski definition) is 2. The molecule has 0 saturated heterocycles. The Morgan fingerprint density at radius 3 is 2.48 bits per heavy atom. The van der Waals surface area contributed by atoms with Crippen LogP contribution in [0.2, 0.25) is 10.2 Å². The van der Waals surface area contributed by atoms with Gasteiger partial charge >= 0.3 is 5.97 Å². The third-order valence-electron chi connectivity index (χ3n) is 2.90. The van der Waals surface area contributed by atoms with Crippen molar-refractivity contribution < 1.29 is 19.1 Å². The van der Waals surface area contributed by atoms with Crippen molar-refractivity contribution >= 4 is 46.7 Å². The highest BCUT2D eigenvalue weighted by atomic mass is 35.5. The largest absolute Gasteiger partial charge is 0.454 e. The molecule has 1 heterocycles. The van der Waals surface area contributed by atoms with Crippen LogP contribution < -0.4 is 10.6 Å². The van der Waals surface area contributed by atoms with E-state index in [9.17, 15) is 14.4 Å². The third-order valence-corrected chi connectivity index (χ3v) is 3.45. The van der Waals surface area contributed by atoms with E-state index in [1.165, 1.54) is 18.3 Å². The monoisotopic (exact) mass is 381 g/mol. The molecule has 1 aromatic heterocycles. The summed E-state index contributed by atoms with van der Waals surface area (Å²) >= 11 is 11.5. The summed E-state index contributed by atoms with van der Waals surface area (Å²) in [5.41, 5.74) is 0.655. The second-order valence-electron chi connectivity index (χ2n) is 4.74. The van der Waals surface area contributed by atoms with Crippen LogP contribution in [0, 0.1) is 0 Å². The van der Waals surface area contributed by atoms with Gasteiger partial charge in [0.2, 0.25) is 0 Å². The second-order valence-corrected chi connectivity index (χ2v) is 5.53. The fourth-order valence-electron chi connectivity index (χ4n) is 1.72. The van der Waals surface area contributed by atoms with Crippen LogP contribution in [0.5, 0.6) is 0 Å². The molecular formula is C16H13Cl2N3O4. The molecule has 0 fully saturated rings. The normalized spacial score (nSPS) is 10.0. The van der Waals surface area contributed by atoms with E-state index in [1.807, 2.05) is 0 Å². The van der Waals surface area contributed by atoms with Crippen molar-refractivity contribution in [2.45, 2.75) is 0 Å². The van der Waals surface area contributed by atoms with Gasteiger partial charge in [-0.25, -0.2) is 4.98 Å². The molecule has 0 bridgehead atoms. The van der Waals surface area contributed by atoms with Gasteiger partial charge in [0.1, 0.15) is 6.54 Å². The molecule has 0 spiro atoms. The number of aromatic nitrogens is 1. The van der Waals surface area contributed by atoms with E-state index in [4.69, 9.17) is 27.9 Å². The van der Waals surface area contributed by atoms with Crippen LogP contribution in [0.3, 0.4) is 0 Å². The van der Waals surface area contributed by atoms with Crippen molar-refractivity contribution in [2.75, 3.05) is 18.5 Å². The Kier molecular flexibility index (Phi) is 6.73. The minimum absolute atomic E-state index is 0.123. The van der Waals surface area contributed by atoms with Crippen molar-refractivity contribution in [3.63, 3.8) is 0 Å². The van der Waals surface area contributed by atoms with Gasteiger partial charge in [-0.05, 0) is 36.4 Å². The molecule has 9 heteroatoms. The van der Waals surface area contributed by atoms with E-state index in [-0.39, 0.29) is 11.7 Å². The van der Waals surface area contributed by atoms with E-state index < -0.39 is 24.4 Å². The number of amides is 2. The molecule has 0 unspecified atom stereocenters. The molecule has 2 aromatic rings. The maximum Gasteiger partial charge on any atom is 0.325 e. The summed E-state index contributed by atoms with van der Waals surface area (Å²) in [5, 5.41) is 5.45. The maximum absolute atomic E-state index is 11.8. The molecule has 1 aromatic carbocycles. The summed E-state index contributed by atoms with van der Waals surface area (Å²) in [6.07, 6.45) is 1.47. The summed E-state index contributed by atoms with van der Waals surface area (Å²) in [4.78, 5) is 38.9. The number of nitrogens with one attached hydrogen (secondary N) is 2. The van der Waals surface area contributed by atoms with E-state index >= 15 is 0 Å². The smallest absolute Gasteiger partial charge is 0.325 e. The van der Waals surface area contributed by atoms with Crippen LogP contribution in [-0.4, -0.2) is 35.9 Å². The Morgan fingerprint density at radius 1 is 1.08 bits per heavy atom. The average Bonchev–Trinajstić information content (AvgIpc) is 2.60. The van der Waals surface area contributed by atoms with Gasteiger partial charge in [-0.2, -0.15) is 0 Å². The van der Waals surface area contributed by atoms with Crippen molar-refractivity contribution in [1.29, 1.82) is 0 Å². The number of ether oxygens (including phenoxy) is 1. The number of carbonyl (C=O) groups is 3. The molecule has 2 rings (SSSR count). The Bertz CT molecular complexity index is 781. The van der Waals surface area contributed by atoms with Crippen molar-refractivity contribution in [3.05, 3.63) is 58.3 Å². The second kappa shape index (κ2) is 9.00. The van der Waals surface area contributed by atoms with Crippen LogP contribution in [0.4, 0.5) is 5.69 Å². The summed E-state index contributed by atoms with van der Waals surface area (Å²) in [6.45, 7) is -0.886. The number of carbonyl (C=O) groups excluding carboxylic acids is 3. The third kappa shape index (κ3) is 6.06. The molecule has 0 aliphatic rings. The van der Waals surface area contributed by atoms with Gasteiger partial charge in [-0.15, -0.1) is 0 Å². The van der Waals surface area contributed by atoms with Crippen molar-refractivity contribution in [1.82, 2.24) is 10.3 Å². The van der Waals surface area contributed by atoms with Gasteiger partial charge in [0.15, 0.2) is 11.8 Å². The first-order valence-electron chi connectivity index (χ1n) is 7.05. The highest BCUT2D eigenvalue weighted by Crippen LogP contribution is 2.17. The van der Waals surface area contributed by atoms with Crippen LogP contribution in [0.25, 0.3) is 0 Å². The number of pyridine rings is 1. The van der Waals surface area contributed by atoms with Gasteiger partial charge in [0, 0.05) is 16.8 Å². The summed E-state index contributed by atoms with van der Waals surface area (Å²) in [7, 11) is 0. The quantitative estimate of drug-likeness (QED) is 0.590. The van der Waals surface area contributed by atoms with Crippen molar-refractivity contribution in [3.8, 4) is 0 Å². The molecule has 0 atom stereocenters. The summed E-state index contributed by atoms with van der Waals surface area (Å²) in [5.74, 6) is -1.79. The number of benzene rings is 1. The van der Waals surface area contributed by atoms with Gasteiger partial charge in [0.05, 0.1) is 5.69 Å². The lowest BCUT2D eigenvalue weighted by atomic mass is 10.2. The first kappa shape index (κ1) is 18.7. The number of halogens is 2. The van der Waals surface area contributed by atoms with Crippen LogP contribution in [0.1, 0.15) is 10.4 Å². The minimum atomic E-state index is -0.755. The SMILES string of the molecule is O=C(COC(=O)CNC(=O)c1ccc(Cl)cc1)Nc1cccnc1Cl. The molecule has 25 heavy (non-hydrogen) atoms.